The van der Waals surface area contributed by atoms with Gasteiger partial charge in [-0.1, -0.05) is 12.1 Å². The number of aliphatic carboxylic acids is 1. The number of alkyl halides is 2. The first-order valence-corrected chi connectivity index (χ1v) is 9.41. The number of alkyl carbamates (subject to hydrolysis) is 1. The maximum Gasteiger partial charge on any atom is 0.408 e. The number of carbonyl (C=O) groups excluding carboxylic acids is 1. The zero-order valence-electron chi connectivity index (χ0n) is 15.3. The second-order valence-electron chi connectivity index (χ2n) is 6.77. The topological polar surface area (TPSA) is 78.9 Å². The third kappa shape index (κ3) is 8.15. The molecule has 0 radical (unpaired) electrons. The van der Waals surface area contributed by atoms with E-state index < -0.39 is 23.7 Å². The molecule has 26 heavy (non-hydrogen) atoms. The number of ether oxygens (including phenoxy) is 1. The summed E-state index contributed by atoms with van der Waals surface area (Å²) in [6.45, 7) is 6.49. The lowest BCUT2D eigenvalue weighted by atomic mass is 10.1. The van der Waals surface area contributed by atoms with Gasteiger partial charge in [0, 0.05) is 37.0 Å². The van der Waals surface area contributed by atoms with Gasteiger partial charge in [-0.3, -0.25) is 0 Å². The van der Waals surface area contributed by atoms with E-state index in [-0.39, 0.29) is 6.42 Å². The molecular formula is C18H26Cl2N2O4. The highest BCUT2D eigenvalue weighted by Gasteiger charge is 2.24. The van der Waals surface area contributed by atoms with Crippen LogP contribution in [0.2, 0.25) is 0 Å². The van der Waals surface area contributed by atoms with Crippen LogP contribution in [0.4, 0.5) is 10.5 Å². The van der Waals surface area contributed by atoms with Crippen molar-refractivity contribution in [3.63, 3.8) is 0 Å². The highest BCUT2D eigenvalue weighted by atomic mass is 35.5. The molecule has 0 fully saturated rings. The zero-order chi connectivity index (χ0) is 19.7. The summed E-state index contributed by atoms with van der Waals surface area (Å²) < 4.78 is 5.12. The van der Waals surface area contributed by atoms with Crippen molar-refractivity contribution in [1.29, 1.82) is 0 Å². The fraction of sp³-hybridized carbons (Fsp3) is 0.556. The van der Waals surface area contributed by atoms with Gasteiger partial charge in [0.2, 0.25) is 0 Å². The highest BCUT2D eigenvalue weighted by molar-refractivity contribution is 6.18. The summed E-state index contributed by atoms with van der Waals surface area (Å²) in [5, 5.41) is 11.8. The second kappa shape index (κ2) is 10.5. The minimum atomic E-state index is -1.12. The number of carboxylic acids is 1. The lowest BCUT2D eigenvalue weighted by Gasteiger charge is -2.23. The van der Waals surface area contributed by atoms with Crippen molar-refractivity contribution in [1.82, 2.24) is 5.32 Å². The van der Waals surface area contributed by atoms with E-state index in [0.29, 0.717) is 24.8 Å². The number of carbonyl (C=O) groups is 2. The molecule has 1 aromatic rings. The molecule has 0 aliphatic carbocycles. The molecule has 1 rings (SSSR count). The molecule has 8 heteroatoms. The fourth-order valence-corrected chi connectivity index (χ4v) is 2.71. The number of rotatable bonds is 9. The summed E-state index contributed by atoms with van der Waals surface area (Å²) >= 11 is 11.6. The first-order valence-electron chi connectivity index (χ1n) is 8.34. The highest BCUT2D eigenvalue weighted by Crippen LogP contribution is 2.17. The molecule has 0 aliphatic rings. The Balaban J connectivity index is 2.77. The number of amides is 1. The van der Waals surface area contributed by atoms with Crippen molar-refractivity contribution >= 4 is 41.0 Å². The predicted octanol–water partition coefficient (Wildman–Crippen LogP) is 3.49. The van der Waals surface area contributed by atoms with Crippen molar-refractivity contribution < 1.29 is 19.4 Å². The van der Waals surface area contributed by atoms with E-state index in [4.69, 9.17) is 27.9 Å². The summed E-state index contributed by atoms with van der Waals surface area (Å²) in [5.41, 5.74) is 1.05. The van der Waals surface area contributed by atoms with Crippen molar-refractivity contribution in [2.45, 2.75) is 38.8 Å². The van der Waals surface area contributed by atoms with Crippen LogP contribution in [0.15, 0.2) is 24.3 Å². The Labute approximate surface area is 164 Å². The van der Waals surface area contributed by atoms with Gasteiger partial charge in [-0.25, -0.2) is 9.59 Å². The van der Waals surface area contributed by atoms with Crippen LogP contribution >= 0.6 is 23.2 Å². The van der Waals surface area contributed by atoms with Crippen LogP contribution in [0.25, 0.3) is 0 Å². The summed E-state index contributed by atoms with van der Waals surface area (Å²) in [7, 11) is 0. The van der Waals surface area contributed by atoms with Crippen LogP contribution < -0.4 is 10.2 Å². The molecule has 0 aromatic heterocycles. The van der Waals surface area contributed by atoms with E-state index >= 15 is 0 Å². The zero-order valence-corrected chi connectivity index (χ0v) is 16.8. The number of halogens is 2. The predicted molar refractivity (Wildman–Crippen MR) is 105 cm³/mol. The molecule has 0 spiro atoms. The van der Waals surface area contributed by atoms with E-state index in [1.807, 2.05) is 24.3 Å². The van der Waals surface area contributed by atoms with Gasteiger partial charge < -0.3 is 20.1 Å². The maximum atomic E-state index is 11.8. The Kier molecular flexibility index (Phi) is 9.02. The Hall–Kier alpha value is -1.66. The molecule has 6 nitrogen and oxygen atoms in total. The maximum absolute atomic E-state index is 11.8. The van der Waals surface area contributed by atoms with Crippen LogP contribution in [0, 0.1) is 0 Å². The summed E-state index contributed by atoms with van der Waals surface area (Å²) in [4.78, 5) is 25.3. The van der Waals surface area contributed by atoms with Gasteiger partial charge in [0.15, 0.2) is 0 Å². The molecule has 0 aliphatic heterocycles. The standard InChI is InChI=1S/C18H26Cl2N2O4/c1-18(2,3)26-17(25)21-15(16(23)24)12-13-4-6-14(7-5-13)22(10-8-19)11-9-20/h4-7,15H,8-12H2,1-3H3,(H,21,25)(H,23,24)/t15-/m0/s1. The molecule has 0 heterocycles. The third-order valence-electron chi connectivity index (χ3n) is 3.44. The first kappa shape index (κ1) is 22.4. The number of carboxylic acid groups (broad SMARTS) is 1. The van der Waals surface area contributed by atoms with Crippen molar-refractivity contribution in [3.05, 3.63) is 29.8 Å². The Morgan fingerprint density at radius 2 is 1.69 bits per heavy atom. The van der Waals surface area contributed by atoms with Crippen LogP contribution in [0.1, 0.15) is 26.3 Å². The van der Waals surface area contributed by atoms with Gasteiger partial charge in [0.25, 0.3) is 0 Å². The summed E-state index contributed by atoms with van der Waals surface area (Å²) in [6, 6.07) is 6.37. The number of benzene rings is 1. The van der Waals surface area contributed by atoms with Crippen LogP contribution in [-0.2, 0) is 16.0 Å². The lowest BCUT2D eigenvalue weighted by molar-refractivity contribution is -0.139. The SMILES string of the molecule is CC(C)(C)OC(=O)N[C@@H](Cc1ccc(N(CCCl)CCCl)cc1)C(=O)O. The molecule has 0 unspecified atom stereocenters. The van der Waals surface area contributed by atoms with Gasteiger partial charge in [-0.15, -0.1) is 23.2 Å². The molecule has 0 bridgehead atoms. The molecule has 1 amide bonds. The molecular weight excluding hydrogens is 379 g/mol. The number of nitrogens with zero attached hydrogens (tertiary/aromatic N) is 1. The average molecular weight is 405 g/mol. The van der Waals surface area contributed by atoms with Gasteiger partial charge in [0.05, 0.1) is 0 Å². The van der Waals surface area contributed by atoms with E-state index in [1.54, 1.807) is 20.8 Å². The van der Waals surface area contributed by atoms with Crippen LogP contribution in [-0.4, -0.2) is 53.7 Å². The summed E-state index contributed by atoms with van der Waals surface area (Å²) in [5.74, 6) is -0.148. The Morgan fingerprint density at radius 1 is 1.15 bits per heavy atom. The minimum Gasteiger partial charge on any atom is -0.480 e. The molecule has 1 aromatic carbocycles. The van der Waals surface area contributed by atoms with Gasteiger partial charge >= 0.3 is 12.1 Å². The average Bonchev–Trinajstić information content (AvgIpc) is 2.53. The number of hydrogen-bond acceptors (Lipinski definition) is 4. The first-order chi connectivity index (χ1) is 12.2. The number of nitrogens with one attached hydrogen (secondary N) is 1. The number of anilines is 1. The molecule has 0 saturated carbocycles. The smallest absolute Gasteiger partial charge is 0.408 e. The van der Waals surface area contributed by atoms with Gasteiger partial charge in [0.1, 0.15) is 11.6 Å². The quantitative estimate of drug-likeness (QED) is 0.615. The number of hydrogen-bond donors (Lipinski definition) is 2. The largest absolute Gasteiger partial charge is 0.480 e. The molecule has 2 N–H and O–H groups in total. The molecule has 146 valence electrons. The Morgan fingerprint density at radius 3 is 2.12 bits per heavy atom. The van der Waals surface area contributed by atoms with E-state index in [2.05, 4.69) is 10.2 Å². The normalized spacial score (nSPS) is 12.3. The van der Waals surface area contributed by atoms with Crippen molar-refractivity contribution in [3.8, 4) is 0 Å². The van der Waals surface area contributed by atoms with Gasteiger partial charge in [-0.05, 0) is 38.5 Å². The van der Waals surface area contributed by atoms with E-state index in [9.17, 15) is 14.7 Å². The van der Waals surface area contributed by atoms with E-state index in [1.165, 1.54) is 0 Å². The molecule has 0 saturated heterocycles. The lowest BCUT2D eigenvalue weighted by Crippen LogP contribution is -2.44. The third-order valence-corrected chi connectivity index (χ3v) is 3.78. The minimum absolute atomic E-state index is 0.153. The van der Waals surface area contributed by atoms with Gasteiger partial charge in [-0.2, -0.15) is 0 Å². The molecule has 1 atom stereocenters. The summed E-state index contributed by atoms with van der Waals surface area (Å²) in [6.07, 6.45) is -0.600. The van der Waals surface area contributed by atoms with Crippen molar-refractivity contribution in [2.24, 2.45) is 0 Å². The van der Waals surface area contributed by atoms with Crippen LogP contribution in [0.3, 0.4) is 0 Å². The monoisotopic (exact) mass is 404 g/mol. The Bertz CT molecular complexity index is 582. The van der Waals surface area contributed by atoms with E-state index in [0.717, 1.165) is 11.3 Å². The van der Waals surface area contributed by atoms with Crippen molar-refractivity contribution in [2.75, 3.05) is 29.7 Å². The fourth-order valence-electron chi connectivity index (χ4n) is 2.30. The second-order valence-corrected chi connectivity index (χ2v) is 7.53. The van der Waals surface area contributed by atoms with Crippen LogP contribution in [0.5, 0.6) is 0 Å².